The number of hydrogen-bond donors (Lipinski definition) is 0. The molecule has 1 aromatic carbocycles. The standard InChI is InChI=1S/C14H10Cl2N4O2/c1-7-12-13(22-19-7)18-8(2)20(14(12)21)17-6-9-3-4-10(15)11(16)5-9/h3-6H,1-2H3/b17-6+. The third-order valence-electron chi connectivity index (χ3n) is 3.09. The van der Waals surface area contributed by atoms with Gasteiger partial charge in [-0.1, -0.05) is 34.4 Å². The van der Waals surface area contributed by atoms with Gasteiger partial charge in [-0.25, -0.2) is 0 Å². The maximum absolute atomic E-state index is 12.4. The van der Waals surface area contributed by atoms with E-state index < -0.39 is 0 Å². The van der Waals surface area contributed by atoms with Crippen molar-refractivity contribution in [3.8, 4) is 0 Å². The molecule has 0 spiro atoms. The Morgan fingerprint density at radius 3 is 2.77 bits per heavy atom. The van der Waals surface area contributed by atoms with Crippen LogP contribution in [0, 0.1) is 13.8 Å². The average molecular weight is 337 g/mol. The van der Waals surface area contributed by atoms with E-state index in [-0.39, 0.29) is 11.3 Å². The molecule has 2 heterocycles. The van der Waals surface area contributed by atoms with E-state index in [1.54, 1.807) is 32.0 Å². The minimum absolute atomic E-state index is 0.209. The third kappa shape index (κ3) is 2.51. The number of hydrogen-bond acceptors (Lipinski definition) is 5. The van der Waals surface area contributed by atoms with Gasteiger partial charge in [0.25, 0.3) is 11.3 Å². The van der Waals surface area contributed by atoms with Crippen molar-refractivity contribution in [2.75, 3.05) is 0 Å². The Kier molecular flexibility index (Phi) is 3.72. The summed E-state index contributed by atoms with van der Waals surface area (Å²) in [7, 11) is 0. The van der Waals surface area contributed by atoms with E-state index in [0.717, 1.165) is 0 Å². The van der Waals surface area contributed by atoms with Crippen LogP contribution >= 0.6 is 23.2 Å². The molecule has 0 saturated carbocycles. The van der Waals surface area contributed by atoms with Crippen molar-refractivity contribution < 1.29 is 4.52 Å². The van der Waals surface area contributed by atoms with Gasteiger partial charge in [-0.2, -0.15) is 14.8 Å². The smallest absolute Gasteiger partial charge is 0.287 e. The van der Waals surface area contributed by atoms with Crippen LogP contribution in [-0.2, 0) is 0 Å². The highest BCUT2D eigenvalue weighted by Crippen LogP contribution is 2.21. The average Bonchev–Trinajstić information content (AvgIpc) is 2.83. The Morgan fingerprint density at radius 1 is 1.27 bits per heavy atom. The lowest BCUT2D eigenvalue weighted by Gasteiger charge is -2.02. The lowest BCUT2D eigenvalue weighted by Crippen LogP contribution is -2.20. The van der Waals surface area contributed by atoms with Crippen LogP contribution in [0.15, 0.2) is 32.6 Å². The molecule has 0 radical (unpaired) electrons. The zero-order chi connectivity index (χ0) is 15.9. The molecular formula is C14H10Cl2N4O2. The Balaban J connectivity index is 2.10. The minimum Gasteiger partial charge on any atom is -0.335 e. The molecule has 0 saturated heterocycles. The number of aromatic nitrogens is 3. The molecule has 22 heavy (non-hydrogen) atoms. The summed E-state index contributed by atoms with van der Waals surface area (Å²) in [5, 5.41) is 9.09. The van der Waals surface area contributed by atoms with Gasteiger partial charge in [0, 0.05) is 0 Å². The molecule has 0 amide bonds. The Morgan fingerprint density at radius 2 is 2.05 bits per heavy atom. The molecule has 0 N–H and O–H groups in total. The molecule has 112 valence electrons. The molecule has 0 aliphatic carbocycles. The summed E-state index contributed by atoms with van der Waals surface area (Å²) in [6.45, 7) is 3.34. The second-order valence-corrected chi connectivity index (χ2v) is 5.46. The summed E-state index contributed by atoms with van der Waals surface area (Å²) in [5.74, 6) is 0.393. The summed E-state index contributed by atoms with van der Waals surface area (Å²) in [4.78, 5) is 16.6. The van der Waals surface area contributed by atoms with Gasteiger partial charge in [0.15, 0.2) is 0 Å². The van der Waals surface area contributed by atoms with Crippen molar-refractivity contribution in [1.29, 1.82) is 0 Å². The number of nitrogens with zero attached hydrogens (tertiary/aromatic N) is 4. The van der Waals surface area contributed by atoms with Crippen LogP contribution in [0.2, 0.25) is 10.0 Å². The first-order valence-electron chi connectivity index (χ1n) is 6.32. The summed E-state index contributed by atoms with van der Waals surface area (Å²) in [5.41, 5.74) is 1.06. The Labute approximate surface area is 135 Å². The van der Waals surface area contributed by atoms with E-state index in [1.165, 1.54) is 10.9 Å². The first kappa shape index (κ1) is 14.7. The van der Waals surface area contributed by atoms with Crippen molar-refractivity contribution in [3.63, 3.8) is 0 Å². The molecule has 0 unspecified atom stereocenters. The predicted octanol–water partition coefficient (Wildman–Crippen LogP) is 3.19. The van der Waals surface area contributed by atoms with Crippen LogP contribution in [0.3, 0.4) is 0 Å². The largest absolute Gasteiger partial charge is 0.335 e. The summed E-state index contributed by atoms with van der Waals surface area (Å²) < 4.78 is 6.19. The fourth-order valence-corrected chi connectivity index (χ4v) is 2.29. The molecule has 0 aliphatic rings. The summed E-state index contributed by atoms with van der Waals surface area (Å²) in [6.07, 6.45) is 1.51. The fraction of sp³-hybridized carbons (Fsp3) is 0.143. The predicted molar refractivity (Wildman–Crippen MR) is 85.0 cm³/mol. The molecule has 0 bridgehead atoms. The molecule has 8 heteroatoms. The van der Waals surface area contributed by atoms with E-state index >= 15 is 0 Å². The SMILES string of the molecule is Cc1noc2nc(C)n(/N=C/c3ccc(Cl)c(Cl)c3)c(=O)c12. The maximum Gasteiger partial charge on any atom is 0.287 e. The molecule has 3 aromatic rings. The molecule has 0 fully saturated rings. The highest BCUT2D eigenvalue weighted by molar-refractivity contribution is 6.42. The first-order chi connectivity index (χ1) is 10.5. The second kappa shape index (κ2) is 5.55. The third-order valence-corrected chi connectivity index (χ3v) is 3.83. The molecular weight excluding hydrogens is 327 g/mol. The van der Waals surface area contributed by atoms with Gasteiger partial charge in [-0.15, -0.1) is 0 Å². The van der Waals surface area contributed by atoms with Crippen molar-refractivity contribution in [1.82, 2.24) is 14.8 Å². The summed E-state index contributed by atoms with van der Waals surface area (Å²) >= 11 is 11.8. The zero-order valence-electron chi connectivity index (χ0n) is 11.7. The van der Waals surface area contributed by atoms with Gasteiger partial charge in [-0.05, 0) is 31.5 Å². The van der Waals surface area contributed by atoms with Crippen LogP contribution in [0.25, 0.3) is 11.1 Å². The minimum atomic E-state index is -0.336. The maximum atomic E-state index is 12.4. The number of rotatable bonds is 2. The van der Waals surface area contributed by atoms with Crippen LogP contribution in [0.4, 0.5) is 0 Å². The number of fused-ring (bicyclic) bond motifs is 1. The number of benzene rings is 1. The molecule has 6 nitrogen and oxygen atoms in total. The van der Waals surface area contributed by atoms with E-state index in [2.05, 4.69) is 15.2 Å². The van der Waals surface area contributed by atoms with Crippen LogP contribution in [0.1, 0.15) is 17.1 Å². The highest BCUT2D eigenvalue weighted by atomic mass is 35.5. The van der Waals surface area contributed by atoms with Gasteiger partial charge in [-0.3, -0.25) is 4.79 Å². The van der Waals surface area contributed by atoms with Crippen molar-refractivity contribution in [2.45, 2.75) is 13.8 Å². The van der Waals surface area contributed by atoms with E-state index in [1.807, 2.05) is 0 Å². The molecule has 2 aromatic heterocycles. The Hall–Kier alpha value is -2.18. The van der Waals surface area contributed by atoms with Crippen LogP contribution in [0.5, 0.6) is 0 Å². The second-order valence-electron chi connectivity index (χ2n) is 4.64. The van der Waals surface area contributed by atoms with Gasteiger partial charge >= 0.3 is 0 Å². The van der Waals surface area contributed by atoms with Crippen LogP contribution in [-0.4, -0.2) is 21.0 Å². The van der Waals surface area contributed by atoms with Crippen LogP contribution < -0.4 is 5.56 Å². The zero-order valence-corrected chi connectivity index (χ0v) is 13.2. The van der Waals surface area contributed by atoms with Gasteiger partial charge in [0.2, 0.25) is 0 Å². The number of halogens is 2. The molecule has 0 aliphatic heterocycles. The lowest BCUT2D eigenvalue weighted by atomic mass is 10.2. The van der Waals surface area contributed by atoms with Crippen molar-refractivity contribution >= 4 is 40.5 Å². The van der Waals surface area contributed by atoms with Gasteiger partial charge in [0.05, 0.1) is 22.0 Å². The van der Waals surface area contributed by atoms with E-state index in [4.69, 9.17) is 27.7 Å². The number of aryl methyl sites for hydroxylation is 2. The normalized spacial score (nSPS) is 11.6. The van der Waals surface area contributed by atoms with Gasteiger partial charge in [0.1, 0.15) is 11.2 Å². The lowest BCUT2D eigenvalue weighted by molar-refractivity contribution is 0.441. The first-order valence-corrected chi connectivity index (χ1v) is 7.08. The van der Waals surface area contributed by atoms with E-state index in [9.17, 15) is 4.79 Å². The fourth-order valence-electron chi connectivity index (χ4n) is 1.98. The molecule has 3 rings (SSSR count). The summed E-state index contributed by atoms with van der Waals surface area (Å²) in [6, 6.07) is 5.06. The van der Waals surface area contributed by atoms with E-state index in [0.29, 0.717) is 32.5 Å². The van der Waals surface area contributed by atoms with Gasteiger partial charge < -0.3 is 4.52 Å². The quantitative estimate of drug-likeness (QED) is 0.673. The Bertz CT molecular complexity index is 959. The van der Waals surface area contributed by atoms with Crippen molar-refractivity contribution in [3.05, 3.63) is 55.7 Å². The molecule has 0 atom stereocenters. The monoisotopic (exact) mass is 336 g/mol. The highest BCUT2D eigenvalue weighted by Gasteiger charge is 2.14. The van der Waals surface area contributed by atoms with Crippen molar-refractivity contribution in [2.24, 2.45) is 5.10 Å². The topological polar surface area (TPSA) is 73.3 Å².